The molecule has 0 saturated heterocycles. The molecule has 2 rings (SSSR count). The third-order valence-corrected chi connectivity index (χ3v) is 2.28. The highest BCUT2D eigenvalue weighted by molar-refractivity contribution is 5.63. The zero-order chi connectivity index (χ0) is 12.8. The molecule has 0 unspecified atom stereocenters. The smallest absolute Gasteiger partial charge is 0.213 e. The summed E-state index contributed by atoms with van der Waals surface area (Å²) in [5.41, 5.74) is 11.2. The van der Waals surface area contributed by atoms with Crippen LogP contribution in [0.4, 0.5) is 0 Å². The Labute approximate surface area is 104 Å². The Morgan fingerprint density at radius 1 is 1.33 bits per heavy atom. The van der Waals surface area contributed by atoms with Gasteiger partial charge in [-0.3, -0.25) is 4.98 Å². The van der Waals surface area contributed by atoms with Crippen molar-refractivity contribution in [2.45, 2.75) is 6.92 Å². The van der Waals surface area contributed by atoms with Crippen molar-refractivity contribution >= 4 is 0 Å². The van der Waals surface area contributed by atoms with Gasteiger partial charge in [0.15, 0.2) is 6.73 Å². The van der Waals surface area contributed by atoms with E-state index in [1.54, 1.807) is 24.7 Å². The van der Waals surface area contributed by atoms with Gasteiger partial charge in [-0.05, 0) is 35.7 Å². The lowest BCUT2D eigenvalue weighted by Crippen LogP contribution is -1.95. The average Bonchev–Trinajstić information content (AvgIpc) is 2.39. The second-order valence-corrected chi connectivity index (χ2v) is 3.64. The van der Waals surface area contributed by atoms with Crippen LogP contribution in [0.15, 0.2) is 41.9 Å². The fourth-order valence-corrected chi connectivity index (χ4v) is 1.50. The standard InChI is InChI=1S/C12H11N5O/c1-9-4-11(7-14-6-9)10-2-3-15-12(5-10)18-8-16-17-13/h2-7H,8H2,1H3. The zero-order valence-electron chi connectivity index (χ0n) is 9.82. The monoisotopic (exact) mass is 241 g/mol. The van der Waals surface area contributed by atoms with E-state index in [4.69, 9.17) is 10.3 Å². The molecule has 0 aliphatic rings. The minimum atomic E-state index is -0.0704. The highest BCUT2D eigenvalue weighted by Crippen LogP contribution is 2.22. The van der Waals surface area contributed by atoms with Crippen molar-refractivity contribution in [2.75, 3.05) is 6.73 Å². The molecule has 0 aromatic carbocycles. The molecule has 0 bridgehead atoms. The molecule has 0 atom stereocenters. The molecule has 2 aromatic rings. The maximum atomic E-state index is 8.16. The van der Waals surface area contributed by atoms with E-state index in [-0.39, 0.29) is 6.73 Å². The highest BCUT2D eigenvalue weighted by atomic mass is 16.5. The first-order chi connectivity index (χ1) is 8.79. The molecule has 6 nitrogen and oxygen atoms in total. The Hall–Kier alpha value is -2.59. The van der Waals surface area contributed by atoms with Crippen molar-refractivity contribution in [3.8, 4) is 17.0 Å². The molecule has 0 aliphatic carbocycles. The van der Waals surface area contributed by atoms with Crippen molar-refractivity contribution < 1.29 is 4.74 Å². The van der Waals surface area contributed by atoms with Crippen LogP contribution in [0, 0.1) is 6.92 Å². The van der Waals surface area contributed by atoms with E-state index in [1.807, 2.05) is 19.1 Å². The van der Waals surface area contributed by atoms with Crippen LogP contribution in [-0.4, -0.2) is 16.7 Å². The van der Waals surface area contributed by atoms with Crippen LogP contribution < -0.4 is 4.74 Å². The average molecular weight is 241 g/mol. The lowest BCUT2D eigenvalue weighted by atomic mass is 10.1. The number of azide groups is 1. The van der Waals surface area contributed by atoms with Gasteiger partial charge in [0.25, 0.3) is 0 Å². The number of hydrogen-bond acceptors (Lipinski definition) is 4. The quantitative estimate of drug-likeness (QED) is 0.468. The van der Waals surface area contributed by atoms with Gasteiger partial charge in [0.2, 0.25) is 5.88 Å². The summed E-state index contributed by atoms with van der Waals surface area (Å²) in [4.78, 5) is 10.8. The van der Waals surface area contributed by atoms with Crippen molar-refractivity contribution in [2.24, 2.45) is 5.11 Å². The van der Waals surface area contributed by atoms with Gasteiger partial charge in [-0.25, -0.2) is 4.98 Å². The number of aryl methyl sites for hydroxylation is 1. The third kappa shape index (κ3) is 2.96. The van der Waals surface area contributed by atoms with Gasteiger partial charge in [-0.2, -0.15) is 0 Å². The lowest BCUT2D eigenvalue weighted by molar-refractivity contribution is 0.316. The van der Waals surface area contributed by atoms with Crippen molar-refractivity contribution in [1.29, 1.82) is 0 Å². The van der Waals surface area contributed by atoms with Crippen LogP contribution in [0.2, 0.25) is 0 Å². The van der Waals surface area contributed by atoms with Crippen molar-refractivity contribution in [1.82, 2.24) is 9.97 Å². The van der Waals surface area contributed by atoms with E-state index in [2.05, 4.69) is 20.0 Å². The molecule has 90 valence electrons. The summed E-state index contributed by atoms with van der Waals surface area (Å²) < 4.78 is 5.19. The maximum absolute atomic E-state index is 8.16. The van der Waals surface area contributed by atoms with E-state index >= 15 is 0 Å². The van der Waals surface area contributed by atoms with E-state index < -0.39 is 0 Å². The second-order valence-electron chi connectivity index (χ2n) is 3.64. The first kappa shape index (κ1) is 11.9. The van der Waals surface area contributed by atoms with Gasteiger partial charge in [0.05, 0.1) is 0 Å². The van der Waals surface area contributed by atoms with Crippen molar-refractivity contribution in [3.63, 3.8) is 0 Å². The summed E-state index contributed by atoms with van der Waals surface area (Å²) in [6, 6.07) is 5.68. The molecule has 0 aliphatic heterocycles. The summed E-state index contributed by atoms with van der Waals surface area (Å²) >= 11 is 0. The predicted molar refractivity (Wildman–Crippen MR) is 66.8 cm³/mol. The molecular formula is C12H11N5O. The Kier molecular flexibility index (Phi) is 3.73. The Morgan fingerprint density at radius 3 is 3.00 bits per heavy atom. The molecule has 2 aromatic heterocycles. The molecule has 2 heterocycles. The van der Waals surface area contributed by atoms with Crippen molar-refractivity contribution in [3.05, 3.63) is 52.8 Å². The molecule has 0 radical (unpaired) electrons. The Balaban J connectivity index is 2.24. The largest absolute Gasteiger partial charge is 0.471 e. The van der Waals surface area contributed by atoms with Crippen LogP contribution in [0.25, 0.3) is 21.6 Å². The molecule has 0 amide bonds. The van der Waals surface area contributed by atoms with E-state index in [9.17, 15) is 0 Å². The minimum Gasteiger partial charge on any atom is -0.471 e. The molecule has 0 spiro atoms. The number of ether oxygens (including phenoxy) is 1. The summed E-state index contributed by atoms with van der Waals surface area (Å²) in [6.07, 6.45) is 5.21. The SMILES string of the molecule is Cc1cncc(-c2ccnc(OCN=[N+]=[N-])c2)c1. The second kappa shape index (κ2) is 5.65. The number of nitrogens with zero attached hydrogens (tertiary/aromatic N) is 5. The minimum absolute atomic E-state index is 0.0704. The topological polar surface area (TPSA) is 83.8 Å². The number of hydrogen-bond donors (Lipinski definition) is 0. The van der Waals surface area contributed by atoms with Gasteiger partial charge in [-0.1, -0.05) is 5.11 Å². The molecule has 0 fully saturated rings. The van der Waals surface area contributed by atoms with E-state index in [0.717, 1.165) is 16.7 Å². The molecule has 0 N–H and O–H groups in total. The first-order valence-electron chi connectivity index (χ1n) is 5.31. The molecular weight excluding hydrogens is 230 g/mol. The van der Waals surface area contributed by atoms with Gasteiger partial charge in [0.1, 0.15) is 0 Å². The van der Waals surface area contributed by atoms with E-state index in [1.165, 1.54) is 0 Å². The summed E-state index contributed by atoms with van der Waals surface area (Å²) in [5, 5.41) is 3.29. The maximum Gasteiger partial charge on any atom is 0.213 e. The zero-order valence-corrected chi connectivity index (χ0v) is 9.82. The van der Waals surface area contributed by atoms with Gasteiger partial charge in [-0.15, -0.1) is 0 Å². The van der Waals surface area contributed by atoms with E-state index in [0.29, 0.717) is 5.88 Å². The van der Waals surface area contributed by atoms with Crippen LogP contribution >= 0.6 is 0 Å². The first-order valence-corrected chi connectivity index (χ1v) is 5.31. The Morgan fingerprint density at radius 2 is 2.22 bits per heavy atom. The highest BCUT2D eigenvalue weighted by Gasteiger charge is 2.01. The Bertz CT molecular complexity index is 593. The molecule has 6 heteroatoms. The van der Waals surface area contributed by atoms with Gasteiger partial charge >= 0.3 is 0 Å². The summed E-state index contributed by atoms with van der Waals surface area (Å²) in [7, 11) is 0. The fourth-order valence-electron chi connectivity index (χ4n) is 1.50. The van der Waals surface area contributed by atoms with Crippen LogP contribution in [0.5, 0.6) is 5.88 Å². The molecule has 18 heavy (non-hydrogen) atoms. The number of rotatable bonds is 4. The number of pyridine rings is 2. The van der Waals surface area contributed by atoms with Gasteiger partial charge < -0.3 is 4.74 Å². The molecule has 0 saturated carbocycles. The van der Waals surface area contributed by atoms with Gasteiger partial charge in [0, 0.05) is 35.1 Å². The van der Waals surface area contributed by atoms with Crippen LogP contribution in [0.3, 0.4) is 0 Å². The third-order valence-electron chi connectivity index (χ3n) is 2.28. The van der Waals surface area contributed by atoms with Crippen LogP contribution in [-0.2, 0) is 0 Å². The van der Waals surface area contributed by atoms with Crippen LogP contribution in [0.1, 0.15) is 5.56 Å². The number of aromatic nitrogens is 2. The lowest BCUT2D eigenvalue weighted by Gasteiger charge is -2.05. The predicted octanol–water partition coefficient (Wildman–Crippen LogP) is 3.10. The summed E-state index contributed by atoms with van der Waals surface area (Å²) in [5.74, 6) is 0.418. The fraction of sp³-hybridized carbons (Fsp3) is 0.167. The normalized spacial score (nSPS) is 9.61. The summed E-state index contributed by atoms with van der Waals surface area (Å²) in [6.45, 7) is 1.91.